The number of aromatic nitrogens is 2. The third-order valence-electron chi connectivity index (χ3n) is 5.07. The van der Waals surface area contributed by atoms with Crippen LogP contribution in [0.15, 0.2) is 30.6 Å². The van der Waals surface area contributed by atoms with Crippen LogP contribution in [0.1, 0.15) is 54.0 Å². The fourth-order valence-electron chi connectivity index (χ4n) is 3.27. The van der Waals surface area contributed by atoms with Gasteiger partial charge in [-0.05, 0) is 42.4 Å². The molecular formula is C20H22F2N4O2. The SMILES string of the molecule is CN(CC(=O)Nc1ncc(F)cn1)C(=O)c1ccc(C2CC2)cc1[C@@H]1C[C@H]1F.[HH]. The Hall–Kier alpha value is -2.90. The second kappa shape index (κ2) is 7.26. The van der Waals surface area contributed by atoms with Crippen LogP contribution in [0.4, 0.5) is 14.7 Å². The Balaban J connectivity index is 0.00000240. The highest BCUT2D eigenvalue weighted by Gasteiger charge is 2.41. The number of nitrogens with zero attached hydrogens (tertiary/aromatic N) is 3. The Morgan fingerprint density at radius 1 is 1.29 bits per heavy atom. The molecule has 1 aromatic heterocycles. The molecule has 2 saturated carbocycles. The Labute approximate surface area is 162 Å². The molecule has 148 valence electrons. The molecule has 0 unspecified atom stereocenters. The van der Waals surface area contributed by atoms with Crippen LogP contribution in [-0.4, -0.2) is 46.4 Å². The second-order valence-electron chi connectivity index (χ2n) is 7.41. The molecule has 4 rings (SSSR count). The Kier molecular flexibility index (Phi) is 4.78. The highest BCUT2D eigenvalue weighted by Crippen LogP contribution is 2.47. The normalized spacial score (nSPS) is 20.5. The van der Waals surface area contributed by atoms with Crippen LogP contribution in [0, 0.1) is 5.82 Å². The summed E-state index contributed by atoms with van der Waals surface area (Å²) in [5, 5.41) is 2.41. The monoisotopic (exact) mass is 388 g/mol. The first kappa shape index (κ1) is 18.5. The number of rotatable bonds is 6. The maximum Gasteiger partial charge on any atom is 0.254 e. The zero-order valence-corrected chi connectivity index (χ0v) is 15.4. The number of hydrogen-bond acceptors (Lipinski definition) is 4. The van der Waals surface area contributed by atoms with Crippen molar-refractivity contribution in [3.8, 4) is 0 Å². The van der Waals surface area contributed by atoms with Crippen molar-refractivity contribution in [1.82, 2.24) is 14.9 Å². The highest BCUT2D eigenvalue weighted by atomic mass is 19.1. The summed E-state index contributed by atoms with van der Waals surface area (Å²) in [5.41, 5.74) is 2.32. The minimum atomic E-state index is -0.912. The molecule has 0 radical (unpaired) electrons. The lowest BCUT2D eigenvalue weighted by Gasteiger charge is -2.19. The number of amides is 2. The van der Waals surface area contributed by atoms with E-state index in [2.05, 4.69) is 15.3 Å². The van der Waals surface area contributed by atoms with Gasteiger partial charge in [0.05, 0.1) is 18.9 Å². The third-order valence-corrected chi connectivity index (χ3v) is 5.07. The summed E-state index contributed by atoms with van der Waals surface area (Å²) in [5.74, 6) is -1.23. The topological polar surface area (TPSA) is 75.2 Å². The number of carbonyl (C=O) groups is 2. The lowest BCUT2D eigenvalue weighted by atomic mass is 9.97. The number of halogens is 2. The predicted octanol–water partition coefficient (Wildman–Crippen LogP) is 3.28. The molecule has 6 nitrogen and oxygen atoms in total. The fourth-order valence-corrected chi connectivity index (χ4v) is 3.27. The zero-order valence-electron chi connectivity index (χ0n) is 15.4. The molecule has 1 aromatic carbocycles. The molecular weight excluding hydrogens is 366 g/mol. The molecule has 2 fully saturated rings. The van der Waals surface area contributed by atoms with Crippen molar-refractivity contribution in [2.75, 3.05) is 18.9 Å². The Bertz CT molecular complexity index is 921. The van der Waals surface area contributed by atoms with E-state index in [1.807, 2.05) is 12.1 Å². The van der Waals surface area contributed by atoms with Crippen LogP contribution in [0.2, 0.25) is 0 Å². The van der Waals surface area contributed by atoms with Gasteiger partial charge in [-0.1, -0.05) is 12.1 Å². The van der Waals surface area contributed by atoms with Crippen molar-refractivity contribution in [2.45, 2.75) is 37.3 Å². The van der Waals surface area contributed by atoms with Crippen LogP contribution in [0.3, 0.4) is 0 Å². The van der Waals surface area contributed by atoms with Gasteiger partial charge in [0.25, 0.3) is 5.91 Å². The molecule has 0 bridgehead atoms. The number of anilines is 1. The van der Waals surface area contributed by atoms with Crippen LogP contribution in [0.25, 0.3) is 0 Å². The summed E-state index contributed by atoms with van der Waals surface area (Å²) < 4.78 is 26.5. The largest absolute Gasteiger partial charge is 0.332 e. The van der Waals surface area contributed by atoms with Crippen molar-refractivity contribution >= 4 is 17.8 Å². The first-order valence-electron chi connectivity index (χ1n) is 9.23. The average Bonchev–Trinajstić information content (AvgIpc) is 3.59. The number of nitrogens with one attached hydrogen (secondary N) is 1. The van der Waals surface area contributed by atoms with Gasteiger partial charge in [0, 0.05) is 20.0 Å². The standard InChI is InChI=1S/C20H20F2N4O2.H2/c1-26(10-18(27)25-20-23-8-13(21)9-24-20)19(28)14-5-4-12(11-2-3-11)6-15(14)16-7-17(16)22;/h4-6,8-9,11,16-17H,2-3,7,10H2,1H3,(H,23,24,25,27);1H/t16-,17+;/m0./s1. The van der Waals surface area contributed by atoms with Crippen LogP contribution >= 0.6 is 0 Å². The van der Waals surface area contributed by atoms with E-state index in [9.17, 15) is 18.4 Å². The first-order valence-corrected chi connectivity index (χ1v) is 9.23. The molecule has 0 aliphatic heterocycles. The number of benzene rings is 1. The van der Waals surface area contributed by atoms with E-state index in [1.54, 1.807) is 6.07 Å². The Morgan fingerprint density at radius 3 is 2.57 bits per heavy atom. The molecule has 2 atom stereocenters. The van der Waals surface area contributed by atoms with Crippen molar-refractivity contribution in [3.63, 3.8) is 0 Å². The van der Waals surface area contributed by atoms with E-state index in [1.165, 1.54) is 11.9 Å². The molecule has 8 heteroatoms. The van der Waals surface area contributed by atoms with E-state index < -0.39 is 17.9 Å². The molecule has 1 heterocycles. The molecule has 2 aliphatic carbocycles. The van der Waals surface area contributed by atoms with Gasteiger partial charge < -0.3 is 4.90 Å². The first-order chi connectivity index (χ1) is 13.4. The quantitative estimate of drug-likeness (QED) is 0.824. The van der Waals surface area contributed by atoms with E-state index in [4.69, 9.17) is 0 Å². The van der Waals surface area contributed by atoms with Gasteiger partial charge in [-0.25, -0.2) is 18.7 Å². The third kappa shape index (κ3) is 4.00. The van der Waals surface area contributed by atoms with Crippen LogP contribution < -0.4 is 5.32 Å². The molecule has 0 saturated heterocycles. The summed E-state index contributed by atoms with van der Waals surface area (Å²) in [7, 11) is 1.51. The number of likely N-dealkylation sites (N-methyl/N-ethyl adjacent to an activating group) is 1. The molecule has 2 aliphatic rings. The lowest BCUT2D eigenvalue weighted by molar-refractivity contribution is -0.116. The zero-order chi connectivity index (χ0) is 19.8. The van der Waals surface area contributed by atoms with Gasteiger partial charge in [-0.2, -0.15) is 0 Å². The minimum absolute atomic E-state index is 0. The van der Waals surface area contributed by atoms with Crippen molar-refractivity contribution in [2.24, 2.45) is 0 Å². The van der Waals surface area contributed by atoms with Crippen LogP contribution in [0.5, 0.6) is 0 Å². The maximum atomic E-state index is 13.7. The van der Waals surface area contributed by atoms with Crippen molar-refractivity contribution in [3.05, 3.63) is 53.1 Å². The summed E-state index contributed by atoms with van der Waals surface area (Å²) in [6.07, 6.45) is 3.65. The van der Waals surface area contributed by atoms with Gasteiger partial charge in [0.1, 0.15) is 6.17 Å². The summed E-state index contributed by atoms with van der Waals surface area (Å²) in [6.45, 7) is -0.229. The Morgan fingerprint density at radius 2 is 1.96 bits per heavy atom. The molecule has 0 spiro atoms. The smallest absolute Gasteiger partial charge is 0.254 e. The predicted molar refractivity (Wildman–Crippen MR) is 100 cm³/mol. The number of alkyl halides is 1. The van der Waals surface area contributed by atoms with E-state index in [-0.39, 0.29) is 25.7 Å². The molecule has 28 heavy (non-hydrogen) atoms. The number of hydrogen-bond donors (Lipinski definition) is 1. The van der Waals surface area contributed by atoms with Gasteiger partial charge in [0.2, 0.25) is 11.9 Å². The lowest BCUT2D eigenvalue weighted by Crippen LogP contribution is -2.35. The summed E-state index contributed by atoms with van der Waals surface area (Å²) >= 11 is 0. The maximum absolute atomic E-state index is 13.7. The van der Waals surface area contributed by atoms with Crippen molar-refractivity contribution in [1.29, 1.82) is 0 Å². The van der Waals surface area contributed by atoms with E-state index >= 15 is 0 Å². The second-order valence-corrected chi connectivity index (χ2v) is 7.41. The average molecular weight is 388 g/mol. The van der Waals surface area contributed by atoms with Gasteiger partial charge in [0.15, 0.2) is 5.82 Å². The van der Waals surface area contributed by atoms with Gasteiger partial charge >= 0.3 is 0 Å². The van der Waals surface area contributed by atoms with Crippen LogP contribution in [-0.2, 0) is 4.79 Å². The van der Waals surface area contributed by atoms with Crippen molar-refractivity contribution < 1.29 is 19.8 Å². The molecule has 2 aromatic rings. The highest BCUT2D eigenvalue weighted by molar-refractivity contribution is 5.99. The van der Waals surface area contributed by atoms with Gasteiger partial charge in [-0.3, -0.25) is 14.9 Å². The number of carbonyl (C=O) groups excluding carboxylic acids is 2. The summed E-state index contributed by atoms with van der Waals surface area (Å²) in [4.78, 5) is 33.6. The molecule has 1 N–H and O–H groups in total. The minimum Gasteiger partial charge on any atom is -0.332 e. The van der Waals surface area contributed by atoms with Gasteiger partial charge in [-0.15, -0.1) is 0 Å². The van der Waals surface area contributed by atoms with E-state index in [0.29, 0.717) is 17.9 Å². The van der Waals surface area contributed by atoms with E-state index in [0.717, 1.165) is 36.4 Å². The summed E-state index contributed by atoms with van der Waals surface area (Å²) in [6, 6.07) is 5.62. The fraction of sp³-hybridized carbons (Fsp3) is 0.400. The molecule has 2 amide bonds.